The summed E-state index contributed by atoms with van der Waals surface area (Å²) >= 11 is 0. The van der Waals surface area contributed by atoms with Crippen molar-refractivity contribution in [3.63, 3.8) is 0 Å². The Hall–Kier alpha value is -4.18. The van der Waals surface area contributed by atoms with E-state index in [1.54, 1.807) is 0 Å². The predicted molar refractivity (Wildman–Crippen MR) is 171 cm³/mol. The predicted octanol–water partition coefficient (Wildman–Crippen LogP) is 9.84. The number of phenolic OH excluding ortho intramolecular Hbond substituents is 1. The van der Waals surface area contributed by atoms with Crippen LogP contribution in [0, 0.1) is 6.92 Å². The second-order valence-corrected chi connectivity index (χ2v) is 13.3. The van der Waals surface area contributed by atoms with Gasteiger partial charge in [0, 0.05) is 22.6 Å². The lowest BCUT2D eigenvalue weighted by Gasteiger charge is -2.41. The quantitative estimate of drug-likeness (QED) is 0.247. The number of fused-ring (bicyclic) bond motifs is 3. The fourth-order valence-electron chi connectivity index (χ4n) is 6.28. The van der Waals surface area contributed by atoms with Crippen LogP contribution in [0.25, 0.3) is 22.2 Å². The highest BCUT2D eigenvalue weighted by molar-refractivity contribution is 5.92. The number of hydrogen-bond acceptors (Lipinski definition) is 4. The SMILES string of the molecule is Cc1ccnc(N2c3ccccc3C(C)(C)c3ccc(-c4ccc5c(C(C)(C)C)cc(C(C)C)c(O)c5n4)cc32)c1. The van der Waals surface area contributed by atoms with E-state index in [1.807, 2.05) is 12.3 Å². The molecule has 0 atom stereocenters. The Morgan fingerprint density at radius 1 is 0.854 bits per heavy atom. The molecule has 0 radical (unpaired) electrons. The van der Waals surface area contributed by atoms with Crippen LogP contribution in [0.1, 0.15) is 82.2 Å². The van der Waals surface area contributed by atoms with Gasteiger partial charge in [-0.2, -0.15) is 0 Å². The van der Waals surface area contributed by atoms with Gasteiger partial charge in [-0.15, -0.1) is 0 Å². The maximum atomic E-state index is 11.4. The van der Waals surface area contributed by atoms with Crippen molar-refractivity contribution in [1.29, 1.82) is 0 Å². The zero-order valence-corrected chi connectivity index (χ0v) is 25.4. The summed E-state index contributed by atoms with van der Waals surface area (Å²) in [7, 11) is 0. The minimum absolute atomic E-state index is 0.0785. The number of pyridine rings is 2. The zero-order valence-electron chi connectivity index (χ0n) is 25.4. The fraction of sp³-hybridized carbons (Fsp3) is 0.297. The minimum Gasteiger partial charge on any atom is -0.505 e. The van der Waals surface area contributed by atoms with Crippen molar-refractivity contribution in [3.8, 4) is 17.0 Å². The molecule has 1 N–H and O–H groups in total. The molecule has 1 aliphatic heterocycles. The molecule has 0 spiro atoms. The van der Waals surface area contributed by atoms with Crippen LogP contribution in [0.3, 0.4) is 0 Å². The first-order valence-corrected chi connectivity index (χ1v) is 14.5. The largest absolute Gasteiger partial charge is 0.505 e. The highest BCUT2D eigenvalue weighted by atomic mass is 16.3. The average molecular weight is 542 g/mol. The lowest BCUT2D eigenvalue weighted by atomic mass is 9.73. The maximum absolute atomic E-state index is 11.4. The number of benzene rings is 3. The number of anilines is 3. The Balaban J connectivity index is 1.59. The van der Waals surface area contributed by atoms with Crippen molar-refractivity contribution in [2.45, 2.75) is 72.1 Å². The van der Waals surface area contributed by atoms with E-state index >= 15 is 0 Å². The van der Waals surface area contributed by atoms with Crippen LogP contribution < -0.4 is 4.90 Å². The molecular formula is C37H39N3O. The molecule has 0 amide bonds. The van der Waals surface area contributed by atoms with Crippen LogP contribution in [0.15, 0.2) is 79.0 Å². The summed E-state index contributed by atoms with van der Waals surface area (Å²) in [4.78, 5) is 12.2. The van der Waals surface area contributed by atoms with Gasteiger partial charge in [-0.25, -0.2) is 9.97 Å². The molecule has 2 aromatic heterocycles. The molecule has 4 nitrogen and oxygen atoms in total. The molecule has 208 valence electrons. The van der Waals surface area contributed by atoms with E-state index < -0.39 is 0 Å². The Bertz CT molecular complexity index is 1810. The van der Waals surface area contributed by atoms with E-state index in [0.717, 1.165) is 45.0 Å². The molecule has 4 heteroatoms. The molecule has 3 heterocycles. The number of aryl methyl sites for hydroxylation is 1. The number of hydrogen-bond donors (Lipinski definition) is 1. The third kappa shape index (κ3) is 4.37. The summed E-state index contributed by atoms with van der Waals surface area (Å²) < 4.78 is 0. The summed E-state index contributed by atoms with van der Waals surface area (Å²) in [5.41, 5.74) is 10.3. The standard InChI is InChI=1S/C37H39N3O/c1-22(2)26-21-29(36(4,5)6)25-14-16-30(39-34(25)35(26)41)24-13-15-28-32(20-24)40(33-19-23(3)17-18-38-33)31-12-10-9-11-27(31)37(28,7)8/h9-22,41H,1-8H3. The molecule has 0 unspecified atom stereocenters. The van der Waals surface area contributed by atoms with Crippen molar-refractivity contribution in [3.05, 3.63) is 107 Å². The van der Waals surface area contributed by atoms with Gasteiger partial charge in [-0.05, 0) is 76.4 Å². The lowest BCUT2D eigenvalue weighted by molar-refractivity contribution is 0.469. The van der Waals surface area contributed by atoms with Crippen molar-refractivity contribution >= 4 is 28.1 Å². The van der Waals surface area contributed by atoms with E-state index in [-0.39, 0.29) is 22.5 Å². The molecule has 0 aliphatic carbocycles. The Morgan fingerprint density at radius 2 is 1.59 bits per heavy atom. The van der Waals surface area contributed by atoms with Crippen LogP contribution in [-0.2, 0) is 10.8 Å². The molecule has 0 saturated carbocycles. The van der Waals surface area contributed by atoms with Gasteiger partial charge in [0.2, 0.25) is 0 Å². The molecule has 6 rings (SSSR count). The average Bonchev–Trinajstić information content (AvgIpc) is 2.92. The van der Waals surface area contributed by atoms with Crippen LogP contribution in [0.5, 0.6) is 5.75 Å². The summed E-state index contributed by atoms with van der Waals surface area (Å²) in [5.74, 6) is 1.36. The Morgan fingerprint density at radius 3 is 2.29 bits per heavy atom. The Kier molecular flexibility index (Phi) is 6.22. The normalized spacial score (nSPS) is 14.3. The smallest absolute Gasteiger partial charge is 0.145 e. The second-order valence-electron chi connectivity index (χ2n) is 13.3. The zero-order chi connectivity index (χ0) is 29.3. The molecular weight excluding hydrogens is 502 g/mol. The molecule has 5 aromatic rings. The summed E-state index contributed by atoms with van der Waals surface area (Å²) in [6.07, 6.45) is 1.88. The first-order chi connectivity index (χ1) is 19.4. The summed E-state index contributed by atoms with van der Waals surface area (Å²) in [6, 6.07) is 25.8. The lowest BCUT2D eigenvalue weighted by Crippen LogP contribution is -2.31. The van der Waals surface area contributed by atoms with Crippen molar-refractivity contribution in [1.82, 2.24) is 9.97 Å². The fourth-order valence-corrected chi connectivity index (χ4v) is 6.28. The molecule has 0 fully saturated rings. The van der Waals surface area contributed by atoms with E-state index in [0.29, 0.717) is 5.52 Å². The first kappa shape index (κ1) is 27.0. The summed E-state index contributed by atoms with van der Waals surface area (Å²) in [5, 5.41) is 12.4. The molecule has 0 saturated heterocycles. The number of aromatic nitrogens is 2. The monoisotopic (exact) mass is 541 g/mol. The number of phenols is 1. The number of aromatic hydroxyl groups is 1. The highest BCUT2D eigenvalue weighted by Gasteiger charge is 2.37. The van der Waals surface area contributed by atoms with Crippen LogP contribution >= 0.6 is 0 Å². The third-order valence-electron chi connectivity index (χ3n) is 8.57. The summed E-state index contributed by atoms with van der Waals surface area (Å²) in [6.45, 7) is 17.6. The molecule has 1 aliphatic rings. The van der Waals surface area contributed by atoms with Crippen LogP contribution in [0.4, 0.5) is 17.2 Å². The van der Waals surface area contributed by atoms with Gasteiger partial charge in [0.1, 0.15) is 17.1 Å². The second kappa shape index (κ2) is 9.44. The van der Waals surface area contributed by atoms with Gasteiger partial charge in [0.25, 0.3) is 0 Å². The van der Waals surface area contributed by atoms with Gasteiger partial charge < -0.3 is 5.11 Å². The minimum atomic E-state index is -0.187. The van der Waals surface area contributed by atoms with Gasteiger partial charge in [-0.3, -0.25) is 4.90 Å². The van der Waals surface area contributed by atoms with Crippen LogP contribution in [-0.4, -0.2) is 15.1 Å². The van der Waals surface area contributed by atoms with E-state index in [9.17, 15) is 5.11 Å². The van der Waals surface area contributed by atoms with Crippen LogP contribution in [0.2, 0.25) is 0 Å². The van der Waals surface area contributed by atoms with Crippen molar-refractivity contribution < 1.29 is 5.11 Å². The van der Waals surface area contributed by atoms with Gasteiger partial charge in [-0.1, -0.05) is 90.9 Å². The molecule has 41 heavy (non-hydrogen) atoms. The topological polar surface area (TPSA) is 49.2 Å². The number of para-hydroxylation sites is 1. The number of nitrogens with zero attached hydrogens (tertiary/aromatic N) is 3. The van der Waals surface area contributed by atoms with Crippen molar-refractivity contribution in [2.24, 2.45) is 0 Å². The van der Waals surface area contributed by atoms with E-state index in [1.165, 1.54) is 16.7 Å². The van der Waals surface area contributed by atoms with Gasteiger partial charge in [0.05, 0.1) is 17.1 Å². The van der Waals surface area contributed by atoms with E-state index in [2.05, 4.69) is 127 Å². The molecule has 3 aromatic carbocycles. The van der Waals surface area contributed by atoms with Gasteiger partial charge >= 0.3 is 0 Å². The highest BCUT2D eigenvalue weighted by Crippen LogP contribution is 2.52. The van der Waals surface area contributed by atoms with Gasteiger partial charge in [0.15, 0.2) is 0 Å². The van der Waals surface area contributed by atoms with E-state index in [4.69, 9.17) is 9.97 Å². The number of rotatable bonds is 3. The molecule has 0 bridgehead atoms. The maximum Gasteiger partial charge on any atom is 0.145 e. The third-order valence-corrected chi connectivity index (χ3v) is 8.57. The van der Waals surface area contributed by atoms with Crippen molar-refractivity contribution in [2.75, 3.05) is 4.90 Å². The Labute approximate surface area is 243 Å². The first-order valence-electron chi connectivity index (χ1n) is 14.5.